The Hall–Kier alpha value is -3.10. The number of amides is 2. The molecule has 0 unspecified atom stereocenters. The summed E-state index contributed by atoms with van der Waals surface area (Å²) >= 11 is 1.44. The van der Waals surface area contributed by atoms with E-state index >= 15 is 0 Å². The molecule has 2 N–H and O–H groups in total. The fourth-order valence-corrected chi connectivity index (χ4v) is 4.45. The Labute approximate surface area is 203 Å². The Balaban J connectivity index is 1.50. The normalized spacial score (nSPS) is 13.5. The van der Waals surface area contributed by atoms with E-state index in [0.717, 1.165) is 28.6 Å². The van der Waals surface area contributed by atoms with Gasteiger partial charge in [-0.1, -0.05) is 41.7 Å². The maximum Gasteiger partial charge on any atom is 0.254 e. The average molecular weight is 481 g/mol. The lowest BCUT2D eigenvalue weighted by atomic mass is 10.0. The summed E-state index contributed by atoms with van der Waals surface area (Å²) in [6, 6.07) is 15.2. The van der Waals surface area contributed by atoms with Gasteiger partial charge in [0.2, 0.25) is 0 Å². The average Bonchev–Trinajstić information content (AvgIpc) is 3.58. The molecule has 1 aliphatic rings. The van der Waals surface area contributed by atoms with Gasteiger partial charge in [0.25, 0.3) is 11.8 Å². The lowest BCUT2D eigenvalue weighted by Gasteiger charge is -2.34. The molecule has 0 saturated heterocycles. The number of hydrogen-bond donors (Lipinski definition) is 2. The number of halogens is 1. The smallest absolute Gasteiger partial charge is 0.254 e. The third-order valence-electron chi connectivity index (χ3n) is 6.17. The van der Waals surface area contributed by atoms with Crippen LogP contribution in [-0.2, 0) is 11.3 Å². The monoisotopic (exact) mass is 480 g/mol. The van der Waals surface area contributed by atoms with Gasteiger partial charge in [0.05, 0.1) is 5.69 Å². The van der Waals surface area contributed by atoms with Gasteiger partial charge in [-0.05, 0) is 63.4 Å². The van der Waals surface area contributed by atoms with Gasteiger partial charge < -0.3 is 10.2 Å². The molecule has 0 bridgehead atoms. The lowest BCUT2D eigenvalue weighted by Crippen LogP contribution is -2.53. The molecule has 1 aliphatic carbocycles. The number of anilines is 1. The van der Waals surface area contributed by atoms with Crippen molar-refractivity contribution in [2.75, 3.05) is 18.9 Å². The van der Waals surface area contributed by atoms with Crippen LogP contribution < -0.4 is 10.6 Å². The minimum Gasteiger partial charge on any atom is -0.328 e. The summed E-state index contributed by atoms with van der Waals surface area (Å²) in [6.45, 7) is 5.01. The molecule has 1 saturated carbocycles. The molecule has 34 heavy (non-hydrogen) atoms. The number of nitrogens with zero attached hydrogens (tertiary/aromatic N) is 2. The van der Waals surface area contributed by atoms with Crippen LogP contribution in [0.5, 0.6) is 0 Å². The van der Waals surface area contributed by atoms with Crippen molar-refractivity contribution in [1.29, 1.82) is 0 Å². The number of carbonyl (C=O) groups excluding carboxylic acids is 2. The molecule has 1 fully saturated rings. The molecule has 0 atom stereocenters. The molecule has 1 heterocycles. The van der Waals surface area contributed by atoms with E-state index in [4.69, 9.17) is 4.98 Å². The van der Waals surface area contributed by atoms with Gasteiger partial charge in [-0.15, -0.1) is 0 Å². The van der Waals surface area contributed by atoms with E-state index in [2.05, 4.69) is 10.6 Å². The van der Waals surface area contributed by atoms with E-state index in [-0.39, 0.29) is 11.8 Å². The van der Waals surface area contributed by atoms with Gasteiger partial charge in [-0.2, -0.15) is 0 Å². The molecule has 1 aromatic heterocycles. The molecular formula is C26H29FN4O2S. The summed E-state index contributed by atoms with van der Waals surface area (Å²) in [5, 5.41) is 6.90. The zero-order valence-electron chi connectivity index (χ0n) is 19.6. The highest BCUT2D eigenvalue weighted by Crippen LogP contribution is 2.33. The predicted molar refractivity (Wildman–Crippen MR) is 133 cm³/mol. The second-order valence-electron chi connectivity index (χ2n) is 9.12. The number of carbonyl (C=O) groups is 2. The summed E-state index contributed by atoms with van der Waals surface area (Å²) < 4.78 is 13.2. The maximum atomic E-state index is 13.2. The van der Waals surface area contributed by atoms with Gasteiger partial charge in [0, 0.05) is 29.6 Å². The molecular weight excluding hydrogens is 451 g/mol. The highest BCUT2D eigenvalue weighted by Gasteiger charge is 2.36. The first kappa shape index (κ1) is 24.0. The summed E-state index contributed by atoms with van der Waals surface area (Å²) in [6.07, 6.45) is 2.56. The van der Waals surface area contributed by atoms with E-state index in [1.165, 1.54) is 53.3 Å². The Bertz CT molecular complexity index is 1160. The number of hydrogen-bond acceptors (Lipinski definition) is 5. The number of likely N-dealkylation sites (N-methyl/N-ethyl adjacent to an activating group) is 1. The van der Waals surface area contributed by atoms with Crippen molar-refractivity contribution in [2.24, 2.45) is 5.92 Å². The second-order valence-corrected chi connectivity index (χ2v) is 10.2. The zero-order chi connectivity index (χ0) is 24.3. The van der Waals surface area contributed by atoms with Crippen molar-refractivity contribution < 1.29 is 14.0 Å². The van der Waals surface area contributed by atoms with Gasteiger partial charge in [0.15, 0.2) is 5.13 Å². The van der Waals surface area contributed by atoms with E-state index in [1.54, 1.807) is 20.9 Å². The van der Waals surface area contributed by atoms with Crippen LogP contribution in [-0.4, -0.2) is 40.8 Å². The molecule has 0 spiro atoms. The first-order valence-electron chi connectivity index (χ1n) is 11.4. The van der Waals surface area contributed by atoms with Crippen LogP contribution in [0.2, 0.25) is 0 Å². The minimum absolute atomic E-state index is 0.314. The molecule has 6 nitrogen and oxygen atoms in total. The molecule has 0 aliphatic heterocycles. The van der Waals surface area contributed by atoms with Crippen LogP contribution in [0.3, 0.4) is 0 Å². The summed E-state index contributed by atoms with van der Waals surface area (Å²) in [4.78, 5) is 33.2. The molecule has 2 amide bonds. The largest absolute Gasteiger partial charge is 0.328 e. The maximum absolute atomic E-state index is 13.2. The Morgan fingerprint density at radius 3 is 2.44 bits per heavy atom. The second kappa shape index (κ2) is 10.0. The highest BCUT2D eigenvalue weighted by atomic mass is 32.1. The molecule has 0 radical (unpaired) electrons. The van der Waals surface area contributed by atoms with Crippen molar-refractivity contribution >= 4 is 28.3 Å². The van der Waals surface area contributed by atoms with Crippen LogP contribution >= 0.6 is 11.3 Å². The third kappa shape index (κ3) is 5.51. The quantitative estimate of drug-likeness (QED) is 0.455. The number of benzene rings is 2. The first-order valence-corrected chi connectivity index (χ1v) is 12.2. The molecule has 8 heteroatoms. The van der Waals surface area contributed by atoms with Crippen molar-refractivity contribution in [3.8, 4) is 11.3 Å². The summed E-state index contributed by atoms with van der Waals surface area (Å²) in [5.74, 6) is -0.371. The van der Waals surface area contributed by atoms with Crippen LogP contribution in [0.4, 0.5) is 9.52 Å². The Morgan fingerprint density at radius 1 is 1.12 bits per heavy atom. The first-order chi connectivity index (χ1) is 16.3. The van der Waals surface area contributed by atoms with Gasteiger partial charge in [-0.25, -0.2) is 9.37 Å². The third-order valence-corrected chi connectivity index (χ3v) is 7.14. The summed E-state index contributed by atoms with van der Waals surface area (Å²) in [7, 11) is 1.57. The molecule has 4 rings (SSSR count). The number of rotatable bonds is 9. The van der Waals surface area contributed by atoms with Crippen molar-refractivity contribution in [2.45, 2.75) is 38.8 Å². The Kier molecular flexibility index (Phi) is 7.09. The predicted octanol–water partition coefficient (Wildman–Crippen LogP) is 4.94. The summed E-state index contributed by atoms with van der Waals surface area (Å²) in [5.41, 5.74) is 0.992. The molecule has 3 aromatic rings. The standard InChI is InChI=1S/C26H29FN4O2S/c1-26(2,31(3)23(32)19-11-13-20(27)14-12-19)24(33)30-25-29-22(18-7-5-4-6-8-18)21(34-25)16-28-15-17-9-10-17/h4-8,11-14,17,28H,9-10,15-16H2,1-3H3,(H,29,30,33). The van der Waals surface area contributed by atoms with Crippen LogP contribution in [0.15, 0.2) is 54.6 Å². The van der Waals surface area contributed by atoms with Gasteiger partial charge in [0.1, 0.15) is 11.4 Å². The Morgan fingerprint density at radius 2 is 1.79 bits per heavy atom. The van der Waals surface area contributed by atoms with Gasteiger partial charge in [-0.3, -0.25) is 14.9 Å². The van der Waals surface area contributed by atoms with E-state index in [9.17, 15) is 14.0 Å². The zero-order valence-corrected chi connectivity index (χ0v) is 20.4. The van der Waals surface area contributed by atoms with E-state index < -0.39 is 11.4 Å². The van der Waals surface area contributed by atoms with Crippen LogP contribution in [0.1, 0.15) is 41.9 Å². The highest BCUT2D eigenvalue weighted by molar-refractivity contribution is 7.16. The van der Waals surface area contributed by atoms with Crippen LogP contribution in [0, 0.1) is 11.7 Å². The van der Waals surface area contributed by atoms with Crippen molar-refractivity contribution in [3.05, 3.63) is 70.9 Å². The molecule has 178 valence electrons. The topological polar surface area (TPSA) is 74.3 Å². The SMILES string of the molecule is CN(C(=O)c1ccc(F)cc1)C(C)(C)C(=O)Nc1nc(-c2ccccc2)c(CNCC2CC2)s1. The van der Waals surface area contributed by atoms with Gasteiger partial charge >= 0.3 is 0 Å². The van der Waals surface area contributed by atoms with Crippen LogP contribution in [0.25, 0.3) is 11.3 Å². The molecule has 2 aromatic carbocycles. The fraction of sp³-hybridized carbons (Fsp3) is 0.346. The minimum atomic E-state index is -1.16. The number of nitrogens with one attached hydrogen (secondary N) is 2. The lowest BCUT2D eigenvalue weighted by molar-refractivity contribution is -0.124. The fourth-order valence-electron chi connectivity index (χ4n) is 3.50. The van der Waals surface area contributed by atoms with E-state index in [1.807, 2.05) is 30.3 Å². The number of thiazole rings is 1. The number of aromatic nitrogens is 1. The van der Waals surface area contributed by atoms with E-state index in [0.29, 0.717) is 17.2 Å². The van der Waals surface area contributed by atoms with Crippen molar-refractivity contribution in [1.82, 2.24) is 15.2 Å². The van der Waals surface area contributed by atoms with Crippen molar-refractivity contribution in [3.63, 3.8) is 0 Å².